The maximum Gasteiger partial charge on any atom is 0.346 e. The maximum atomic E-state index is 12.8. The number of thiophene rings is 1. The monoisotopic (exact) mass is 465 g/mol. The molecule has 1 aliphatic heterocycles. The Bertz CT molecular complexity index is 1170. The van der Waals surface area contributed by atoms with Gasteiger partial charge in [0.2, 0.25) is 0 Å². The lowest BCUT2D eigenvalue weighted by atomic mass is 10.2. The minimum Gasteiger partial charge on any atom is -0.479 e. The Hall–Kier alpha value is -2.95. The molecule has 0 saturated heterocycles. The Kier molecular flexibility index (Phi) is 6.94. The van der Waals surface area contributed by atoms with Crippen molar-refractivity contribution in [2.75, 3.05) is 11.4 Å². The SMILES string of the molecule is CC1Oc2ccccc2N(c2ccc(Cn3cnn(C/C(=C/F)CN)c3=O)s2)C1=O.Cl. The van der Waals surface area contributed by atoms with Crippen LogP contribution in [0.1, 0.15) is 11.8 Å². The molecule has 164 valence electrons. The first kappa shape index (κ1) is 22.7. The summed E-state index contributed by atoms with van der Waals surface area (Å²) in [5.41, 5.74) is 6.04. The normalized spacial score (nSPS) is 16.0. The number of fused-ring (bicyclic) bond motifs is 1. The third-order valence-electron chi connectivity index (χ3n) is 4.74. The van der Waals surface area contributed by atoms with E-state index < -0.39 is 6.10 Å². The van der Waals surface area contributed by atoms with Crippen molar-refractivity contribution in [3.8, 4) is 5.75 Å². The first-order valence-corrected chi connectivity index (χ1v) is 10.1. The van der Waals surface area contributed by atoms with E-state index in [9.17, 15) is 14.0 Å². The molecule has 0 fully saturated rings. The van der Waals surface area contributed by atoms with Gasteiger partial charge in [0.25, 0.3) is 5.91 Å². The summed E-state index contributed by atoms with van der Waals surface area (Å²) in [6, 6.07) is 11.1. The zero-order valence-corrected chi connectivity index (χ0v) is 18.2. The highest BCUT2D eigenvalue weighted by Gasteiger charge is 2.33. The van der Waals surface area contributed by atoms with Gasteiger partial charge in [-0.3, -0.25) is 14.3 Å². The van der Waals surface area contributed by atoms with Crippen molar-refractivity contribution in [1.82, 2.24) is 14.3 Å². The Balaban J connectivity index is 0.00000272. The fourth-order valence-corrected chi connectivity index (χ4v) is 4.20. The maximum absolute atomic E-state index is 12.8. The third kappa shape index (κ3) is 4.41. The number of rotatable bonds is 6. The van der Waals surface area contributed by atoms with Crippen LogP contribution >= 0.6 is 23.7 Å². The number of nitrogens with zero attached hydrogens (tertiary/aromatic N) is 4. The van der Waals surface area contributed by atoms with Crippen LogP contribution in [-0.4, -0.2) is 32.9 Å². The van der Waals surface area contributed by atoms with Gasteiger partial charge in [0.1, 0.15) is 17.1 Å². The van der Waals surface area contributed by atoms with Crippen molar-refractivity contribution < 1.29 is 13.9 Å². The van der Waals surface area contributed by atoms with Gasteiger partial charge in [0.15, 0.2) is 6.10 Å². The molecule has 1 aliphatic rings. The predicted octanol–water partition coefficient (Wildman–Crippen LogP) is 2.83. The molecule has 1 unspecified atom stereocenters. The number of anilines is 2. The van der Waals surface area contributed by atoms with E-state index >= 15 is 0 Å². The summed E-state index contributed by atoms with van der Waals surface area (Å²) in [6.07, 6.45) is 1.21. The van der Waals surface area contributed by atoms with E-state index in [4.69, 9.17) is 10.5 Å². The number of aromatic nitrogens is 3. The highest BCUT2D eigenvalue weighted by molar-refractivity contribution is 7.16. The quantitative estimate of drug-likeness (QED) is 0.604. The van der Waals surface area contributed by atoms with E-state index in [-0.39, 0.29) is 49.2 Å². The zero-order valence-electron chi connectivity index (χ0n) is 16.6. The smallest absolute Gasteiger partial charge is 0.346 e. The van der Waals surface area contributed by atoms with Gasteiger partial charge in [0.05, 0.1) is 25.1 Å². The van der Waals surface area contributed by atoms with Gasteiger partial charge in [0, 0.05) is 11.4 Å². The van der Waals surface area contributed by atoms with Crippen LogP contribution in [0.2, 0.25) is 0 Å². The van der Waals surface area contributed by atoms with Crippen LogP contribution in [0.4, 0.5) is 15.1 Å². The second-order valence-electron chi connectivity index (χ2n) is 6.81. The third-order valence-corrected chi connectivity index (χ3v) is 5.79. The van der Waals surface area contributed by atoms with E-state index in [1.807, 2.05) is 36.4 Å². The molecule has 3 aromatic rings. The summed E-state index contributed by atoms with van der Waals surface area (Å²) >= 11 is 1.41. The molecule has 31 heavy (non-hydrogen) atoms. The first-order chi connectivity index (χ1) is 14.5. The Morgan fingerprint density at radius 1 is 1.29 bits per heavy atom. The second-order valence-corrected chi connectivity index (χ2v) is 7.96. The molecule has 2 N–H and O–H groups in total. The van der Waals surface area contributed by atoms with Gasteiger partial charge in [-0.25, -0.2) is 13.9 Å². The number of carbonyl (C=O) groups excluding carboxylic acids is 1. The predicted molar refractivity (Wildman–Crippen MR) is 119 cm³/mol. The fourth-order valence-electron chi connectivity index (χ4n) is 3.17. The van der Waals surface area contributed by atoms with Crippen LogP contribution in [-0.2, 0) is 17.9 Å². The molecular formula is C20H21ClFN5O3S. The number of benzene rings is 1. The minimum atomic E-state index is -0.591. The van der Waals surface area contributed by atoms with E-state index in [2.05, 4.69) is 5.10 Å². The standard InChI is InChI=1S/C20H20FN5O3S.ClH/c1-13-19(27)26(16-4-2-3-5-17(16)29-13)18-7-6-15(30-18)11-24-12-23-25(20(24)28)10-14(8-21)9-22;/h2-8,12-13H,9-11,22H2,1H3;1H/b14-8+;. The molecule has 4 rings (SSSR count). The molecule has 2 aromatic heterocycles. The number of nitrogens with two attached hydrogens (primary N) is 1. The van der Waals surface area contributed by atoms with Crippen molar-refractivity contribution in [1.29, 1.82) is 0 Å². The van der Waals surface area contributed by atoms with Gasteiger partial charge in [-0.2, -0.15) is 5.10 Å². The first-order valence-electron chi connectivity index (χ1n) is 9.30. The second kappa shape index (κ2) is 9.46. The molecule has 0 saturated carbocycles. The Morgan fingerprint density at radius 2 is 2.06 bits per heavy atom. The lowest BCUT2D eigenvalue weighted by molar-refractivity contribution is -0.124. The molecule has 0 bridgehead atoms. The Morgan fingerprint density at radius 3 is 2.81 bits per heavy atom. The summed E-state index contributed by atoms with van der Waals surface area (Å²) in [4.78, 5) is 27.8. The largest absolute Gasteiger partial charge is 0.479 e. The number of para-hydroxylation sites is 2. The molecule has 0 radical (unpaired) electrons. The number of hydrogen-bond donors (Lipinski definition) is 1. The molecule has 3 heterocycles. The minimum absolute atomic E-state index is 0. The lowest BCUT2D eigenvalue weighted by Gasteiger charge is -2.31. The van der Waals surface area contributed by atoms with Crippen LogP contribution in [0.5, 0.6) is 5.75 Å². The summed E-state index contributed by atoms with van der Waals surface area (Å²) in [5.74, 6) is 0.494. The van der Waals surface area contributed by atoms with Gasteiger partial charge < -0.3 is 10.5 Å². The average molecular weight is 466 g/mol. The van der Waals surface area contributed by atoms with E-state index in [0.29, 0.717) is 17.8 Å². The van der Waals surface area contributed by atoms with E-state index in [1.165, 1.54) is 22.2 Å². The van der Waals surface area contributed by atoms with Gasteiger partial charge in [-0.15, -0.1) is 23.7 Å². The topological polar surface area (TPSA) is 95.4 Å². The summed E-state index contributed by atoms with van der Waals surface area (Å²) in [7, 11) is 0. The number of ether oxygens (including phenoxy) is 1. The number of hydrogen-bond acceptors (Lipinski definition) is 6. The van der Waals surface area contributed by atoms with Gasteiger partial charge in [-0.05, 0) is 36.8 Å². The summed E-state index contributed by atoms with van der Waals surface area (Å²) < 4.78 is 21.0. The zero-order chi connectivity index (χ0) is 21.3. The van der Waals surface area contributed by atoms with Crippen LogP contribution in [0.3, 0.4) is 0 Å². The molecular weight excluding hydrogens is 445 g/mol. The van der Waals surface area contributed by atoms with Crippen LogP contribution in [0, 0.1) is 0 Å². The van der Waals surface area contributed by atoms with E-state index in [1.54, 1.807) is 11.8 Å². The van der Waals surface area contributed by atoms with Crippen molar-refractivity contribution in [3.05, 3.63) is 70.0 Å². The highest BCUT2D eigenvalue weighted by Crippen LogP contribution is 2.41. The highest BCUT2D eigenvalue weighted by atomic mass is 35.5. The molecule has 1 amide bonds. The molecule has 11 heteroatoms. The molecule has 1 aromatic carbocycles. The molecule has 1 atom stereocenters. The van der Waals surface area contributed by atoms with Gasteiger partial charge in [-0.1, -0.05) is 12.1 Å². The number of amides is 1. The fraction of sp³-hybridized carbons (Fsp3) is 0.250. The molecule has 8 nitrogen and oxygen atoms in total. The van der Waals surface area contributed by atoms with Crippen LogP contribution in [0.15, 0.2) is 59.4 Å². The van der Waals surface area contributed by atoms with Gasteiger partial charge >= 0.3 is 5.69 Å². The molecule has 0 spiro atoms. The Labute approximate surface area is 187 Å². The van der Waals surface area contributed by atoms with Crippen molar-refractivity contribution in [2.24, 2.45) is 5.73 Å². The summed E-state index contributed by atoms with van der Waals surface area (Å²) in [6.45, 7) is 2.02. The van der Waals surface area contributed by atoms with Crippen molar-refractivity contribution in [3.63, 3.8) is 0 Å². The van der Waals surface area contributed by atoms with Crippen LogP contribution < -0.4 is 21.1 Å². The summed E-state index contributed by atoms with van der Waals surface area (Å²) in [5, 5.41) is 4.76. The number of halogens is 2. The van der Waals surface area contributed by atoms with Crippen molar-refractivity contribution >= 4 is 40.3 Å². The average Bonchev–Trinajstić information content (AvgIpc) is 3.34. The lowest BCUT2D eigenvalue weighted by Crippen LogP contribution is -2.41. The van der Waals surface area contributed by atoms with E-state index in [0.717, 1.165) is 14.6 Å². The number of carbonyl (C=O) groups is 1. The van der Waals surface area contributed by atoms with Crippen LogP contribution in [0.25, 0.3) is 0 Å². The van der Waals surface area contributed by atoms with Crippen molar-refractivity contribution in [2.45, 2.75) is 26.1 Å². The molecule has 0 aliphatic carbocycles.